The van der Waals surface area contributed by atoms with E-state index >= 15 is 0 Å². The first-order chi connectivity index (χ1) is 17.0. The van der Waals surface area contributed by atoms with E-state index in [2.05, 4.69) is 25.4 Å². The first-order valence-electron chi connectivity index (χ1n) is 12.4. The van der Waals surface area contributed by atoms with E-state index in [1.807, 2.05) is 18.2 Å². The number of fused-ring (bicyclic) bond motifs is 1. The predicted molar refractivity (Wildman–Crippen MR) is 141 cm³/mol. The number of unbranched alkanes of at least 4 members (excludes halogenated alkanes) is 3. The molecule has 0 aliphatic rings. The van der Waals surface area contributed by atoms with Gasteiger partial charge >= 0.3 is 0 Å². The van der Waals surface area contributed by atoms with Crippen LogP contribution in [0.15, 0.2) is 61.2 Å². The molecule has 2 aromatic carbocycles. The highest BCUT2D eigenvalue weighted by molar-refractivity contribution is 5.83. The Morgan fingerprint density at radius 2 is 1.89 bits per heavy atom. The fraction of sp³-hybridized carbons (Fsp3) is 0.367. The summed E-state index contributed by atoms with van der Waals surface area (Å²) >= 11 is 0. The van der Waals surface area contributed by atoms with Gasteiger partial charge in [0, 0.05) is 23.1 Å². The highest BCUT2D eigenvalue weighted by Gasteiger charge is 2.15. The quantitative estimate of drug-likeness (QED) is 0.171. The van der Waals surface area contributed by atoms with Gasteiger partial charge in [0.1, 0.15) is 12.4 Å². The summed E-state index contributed by atoms with van der Waals surface area (Å²) in [6, 6.07) is 12.2. The molecule has 0 aliphatic heterocycles. The molecule has 1 unspecified atom stereocenters. The van der Waals surface area contributed by atoms with Crippen LogP contribution in [0.25, 0.3) is 28.2 Å². The van der Waals surface area contributed by atoms with Crippen LogP contribution in [0.3, 0.4) is 0 Å². The Hall–Kier alpha value is -3.05. The summed E-state index contributed by atoms with van der Waals surface area (Å²) in [7, 11) is 0. The molecule has 35 heavy (non-hydrogen) atoms. The number of rotatable bonds is 14. The number of allylic oxidation sites excluding steroid dienone is 1. The van der Waals surface area contributed by atoms with Crippen LogP contribution in [0.4, 0.5) is 8.78 Å². The smallest absolute Gasteiger partial charge is 0.168 e. The molecule has 3 rings (SSSR count). The molecule has 0 amide bonds. The second-order valence-corrected chi connectivity index (χ2v) is 8.70. The van der Waals surface area contributed by atoms with Crippen molar-refractivity contribution in [2.75, 3.05) is 13.2 Å². The highest BCUT2D eigenvalue weighted by Crippen LogP contribution is 2.28. The number of nitrogens with zero attached hydrogens (tertiary/aromatic N) is 1. The molecule has 186 valence electrons. The second-order valence-electron chi connectivity index (χ2n) is 8.70. The average molecular weight is 480 g/mol. The molecule has 1 atom stereocenters. The van der Waals surface area contributed by atoms with Crippen LogP contribution in [0, 0.1) is 11.6 Å². The van der Waals surface area contributed by atoms with Gasteiger partial charge in [0.15, 0.2) is 11.6 Å². The van der Waals surface area contributed by atoms with Crippen molar-refractivity contribution >= 4 is 17.0 Å². The van der Waals surface area contributed by atoms with Crippen molar-refractivity contribution in [3.05, 3.63) is 78.4 Å². The second kappa shape index (κ2) is 13.7. The summed E-state index contributed by atoms with van der Waals surface area (Å²) in [6.45, 7) is 9.11. The van der Waals surface area contributed by atoms with Gasteiger partial charge in [-0.05, 0) is 62.9 Å². The minimum Gasteiger partial charge on any atom is -0.490 e. The number of aromatic nitrogens is 1. The lowest BCUT2D eigenvalue weighted by atomic mass is 10.0. The van der Waals surface area contributed by atoms with Gasteiger partial charge in [-0.3, -0.25) is 0 Å². The van der Waals surface area contributed by atoms with E-state index in [1.165, 1.54) is 12.8 Å². The van der Waals surface area contributed by atoms with Gasteiger partial charge in [-0.2, -0.15) is 0 Å². The van der Waals surface area contributed by atoms with Gasteiger partial charge in [-0.25, -0.2) is 13.8 Å². The number of hydrogen-bond donors (Lipinski definition) is 0. The lowest BCUT2D eigenvalue weighted by Gasteiger charge is -2.12. The molecule has 0 spiro atoms. The lowest BCUT2D eigenvalue weighted by Crippen LogP contribution is -2.08. The van der Waals surface area contributed by atoms with Gasteiger partial charge in [-0.1, -0.05) is 56.7 Å². The third-order valence-corrected chi connectivity index (χ3v) is 5.85. The highest BCUT2D eigenvalue weighted by atomic mass is 19.2. The molecule has 3 aromatic rings. The summed E-state index contributed by atoms with van der Waals surface area (Å²) in [5.41, 5.74) is 1.44. The average Bonchev–Trinajstić information content (AvgIpc) is 2.87. The molecule has 0 bridgehead atoms. The van der Waals surface area contributed by atoms with Gasteiger partial charge in [-0.15, -0.1) is 0 Å². The van der Waals surface area contributed by atoms with Crippen molar-refractivity contribution in [2.24, 2.45) is 0 Å². The van der Waals surface area contributed by atoms with Gasteiger partial charge in [0.05, 0.1) is 17.3 Å². The Balaban J connectivity index is 1.61. The molecular formula is C30H35F2NO2. The van der Waals surface area contributed by atoms with E-state index in [-0.39, 0.29) is 17.2 Å². The van der Waals surface area contributed by atoms with Crippen LogP contribution in [0.5, 0.6) is 5.75 Å². The monoisotopic (exact) mass is 479 g/mol. The van der Waals surface area contributed by atoms with E-state index in [1.54, 1.807) is 42.5 Å². The summed E-state index contributed by atoms with van der Waals surface area (Å²) in [5.74, 6) is -1.05. The zero-order chi connectivity index (χ0) is 25.0. The third kappa shape index (κ3) is 7.72. The molecule has 3 nitrogen and oxygen atoms in total. The molecule has 1 heterocycles. The number of benzene rings is 2. The standard InChI is InChI=1S/C30H35F2NO2/c1-4-6-10-20-34-22(3)11-8-7-9-12-23-13-16-26(30(32)29(23)31)28-17-14-24-21-25(35-19-5-2)15-18-27(24)33-28/h5,9,12-18,21-22H,2,4,6-8,10-11,19-20H2,1,3H3/b12-9+. The Labute approximate surface area is 207 Å². The number of ether oxygens (including phenoxy) is 2. The van der Waals surface area contributed by atoms with Crippen LogP contribution >= 0.6 is 0 Å². The summed E-state index contributed by atoms with van der Waals surface area (Å²) in [6.07, 6.45) is 11.6. The maximum Gasteiger partial charge on any atom is 0.168 e. The third-order valence-electron chi connectivity index (χ3n) is 5.85. The molecule has 0 saturated heterocycles. The molecule has 0 radical (unpaired) electrons. The van der Waals surface area contributed by atoms with Crippen LogP contribution in [0.1, 0.15) is 57.9 Å². The molecule has 1 aromatic heterocycles. The number of hydrogen-bond acceptors (Lipinski definition) is 3. The largest absolute Gasteiger partial charge is 0.490 e. The summed E-state index contributed by atoms with van der Waals surface area (Å²) in [5, 5.41) is 0.858. The van der Waals surface area contributed by atoms with Crippen molar-refractivity contribution in [1.82, 2.24) is 4.98 Å². The van der Waals surface area contributed by atoms with Crippen molar-refractivity contribution in [1.29, 1.82) is 0 Å². The predicted octanol–water partition coefficient (Wildman–Crippen LogP) is 8.52. The minimum absolute atomic E-state index is 0.141. The first kappa shape index (κ1) is 26.6. The normalized spacial score (nSPS) is 12.3. The SMILES string of the molecule is C=CCOc1ccc2nc(-c3ccc(/C=C/CCCC(C)OCCCCC)c(F)c3F)ccc2c1. The molecule has 0 saturated carbocycles. The molecule has 0 aliphatic carbocycles. The number of halogens is 2. The molecule has 5 heteroatoms. The zero-order valence-electron chi connectivity index (χ0n) is 20.7. The van der Waals surface area contributed by atoms with Crippen LogP contribution in [-0.4, -0.2) is 24.3 Å². The van der Waals surface area contributed by atoms with Crippen LogP contribution in [-0.2, 0) is 4.74 Å². The Morgan fingerprint density at radius 3 is 2.69 bits per heavy atom. The summed E-state index contributed by atoms with van der Waals surface area (Å²) < 4.78 is 41.0. The fourth-order valence-corrected chi connectivity index (χ4v) is 3.84. The van der Waals surface area contributed by atoms with E-state index in [0.717, 1.165) is 37.7 Å². The fourth-order valence-electron chi connectivity index (χ4n) is 3.84. The van der Waals surface area contributed by atoms with Gasteiger partial charge in [0.2, 0.25) is 0 Å². The van der Waals surface area contributed by atoms with E-state index < -0.39 is 11.6 Å². The number of pyridine rings is 1. The minimum atomic E-state index is -0.890. The molecule has 0 N–H and O–H groups in total. The Morgan fingerprint density at radius 1 is 1.03 bits per heavy atom. The zero-order valence-corrected chi connectivity index (χ0v) is 20.7. The Bertz CT molecular complexity index is 1140. The van der Waals surface area contributed by atoms with Crippen molar-refractivity contribution in [3.63, 3.8) is 0 Å². The van der Waals surface area contributed by atoms with Gasteiger partial charge < -0.3 is 9.47 Å². The Kier molecular flexibility index (Phi) is 10.4. The lowest BCUT2D eigenvalue weighted by molar-refractivity contribution is 0.0566. The van der Waals surface area contributed by atoms with Crippen molar-refractivity contribution in [3.8, 4) is 17.0 Å². The maximum atomic E-state index is 14.9. The molecular weight excluding hydrogens is 444 g/mol. The van der Waals surface area contributed by atoms with Crippen LogP contribution in [0.2, 0.25) is 0 Å². The first-order valence-corrected chi connectivity index (χ1v) is 12.4. The van der Waals surface area contributed by atoms with Crippen LogP contribution < -0.4 is 4.74 Å². The maximum absolute atomic E-state index is 14.9. The topological polar surface area (TPSA) is 31.4 Å². The van der Waals surface area contributed by atoms with Crippen molar-refractivity contribution < 1.29 is 18.3 Å². The van der Waals surface area contributed by atoms with E-state index in [9.17, 15) is 8.78 Å². The summed E-state index contributed by atoms with van der Waals surface area (Å²) in [4.78, 5) is 4.52. The molecule has 0 fully saturated rings. The van der Waals surface area contributed by atoms with E-state index in [4.69, 9.17) is 9.47 Å². The van der Waals surface area contributed by atoms with E-state index in [0.29, 0.717) is 23.6 Å². The van der Waals surface area contributed by atoms with Crippen molar-refractivity contribution in [2.45, 2.75) is 58.5 Å². The van der Waals surface area contributed by atoms with Gasteiger partial charge in [0.25, 0.3) is 0 Å².